The molecule has 1 heterocycles. The number of hydrogen-bond acceptors (Lipinski definition) is 2. The Hall–Kier alpha value is -0.870. The van der Waals surface area contributed by atoms with Crippen LogP contribution in [0.2, 0.25) is 0 Å². The zero-order chi connectivity index (χ0) is 11.4. The lowest BCUT2D eigenvalue weighted by atomic mass is 10.0. The van der Waals surface area contributed by atoms with E-state index in [-0.39, 0.29) is 12.4 Å². The fourth-order valence-corrected chi connectivity index (χ4v) is 1.85. The van der Waals surface area contributed by atoms with Crippen LogP contribution in [-0.4, -0.2) is 19.7 Å². The minimum absolute atomic E-state index is 0. The molecule has 1 unspecified atom stereocenters. The molecule has 1 aliphatic rings. The highest BCUT2D eigenvalue weighted by Crippen LogP contribution is 2.17. The zero-order valence-electron chi connectivity index (χ0n) is 9.42. The van der Waals surface area contributed by atoms with Gasteiger partial charge in [0, 0.05) is 18.5 Å². The fraction of sp³-hybridized carbons (Fsp3) is 0.500. The van der Waals surface area contributed by atoms with Crippen LogP contribution in [0.1, 0.15) is 12.8 Å². The summed E-state index contributed by atoms with van der Waals surface area (Å²) in [6, 6.07) is 3.63. The van der Waals surface area contributed by atoms with E-state index in [0.29, 0.717) is 18.3 Å². The third-order valence-electron chi connectivity index (χ3n) is 2.78. The van der Waals surface area contributed by atoms with Crippen molar-refractivity contribution >= 4 is 12.4 Å². The van der Waals surface area contributed by atoms with E-state index in [1.807, 2.05) is 0 Å². The second-order valence-electron chi connectivity index (χ2n) is 4.10. The standard InChI is InChI=1S/C12H15F2NO.ClH/c13-11-4-3-10(6-12(11)14)16-8-9-2-1-5-15-7-9;/h3-4,6,9,15H,1-2,5,7-8H2;1H. The lowest BCUT2D eigenvalue weighted by molar-refractivity contribution is 0.217. The van der Waals surface area contributed by atoms with Crippen molar-refractivity contribution in [3.63, 3.8) is 0 Å². The van der Waals surface area contributed by atoms with Crippen molar-refractivity contribution in [2.24, 2.45) is 5.92 Å². The van der Waals surface area contributed by atoms with Gasteiger partial charge in [-0.3, -0.25) is 0 Å². The maximum atomic E-state index is 12.9. The van der Waals surface area contributed by atoms with E-state index >= 15 is 0 Å². The molecule has 1 aromatic carbocycles. The molecule has 5 heteroatoms. The van der Waals surface area contributed by atoms with Gasteiger partial charge >= 0.3 is 0 Å². The molecule has 1 saturated heterocycles. The minimum atomic E-state index is -0.862. The Morgan fingerprint density at radius 1 is 1.29 bits per heavy atom. The highest BCUT2D eigenvalue weighted by molar-refractivity contribution is 5.85. The monoisotopic (exact) mass is 263 g/mol. The third kappa shape index (κ3) is 4.13. The number of halogens is 3. The summed E-state index contributed by atoms with van der Waals surface area (Å²) in [6.07, 6.45) is 2.27. The van der Waals surface area contributed by atoms with Gasteiger partial charge in [-0.25, -0.2) is 8.78 Å². The van der Waals surface area contributed by atoms with Crippen LogP contribution in [0.5, 0.6) is 5.75 Å². The molecule has 1 aromatic rings. The van der Waals surface area contributed by atoms with Gasteiger partial charge in [0.05, 0.1) is 6.61 Å². The van der Waals surface area contributed by atoms with Crippen molar-refractivity contribution < 1.29 is 13.5 Å². The molecule has 0 amide bonds. The average Bonchev–Trinajstić information content (AvgIpc) is 2.32. The molecule has 0 spiro atoms. The molecule has 0 aliphatic carbocycles. The highest BCUT2D eigenvalue weighted by Gasteiger charge is 2.13. The van der Waals surface area contributed by atoms with E-state index < -0.39 is 11.6 Å². The summed E-state index contributed by atoms with van der Waals surface area (Å²) in [5.74, 6) is -0.850. The molecule has 2 nitrogen and oxygen atoms in total. The first-order chi connectivity index (χ1) is 7.75. The molecule has 0 radical (unpaired) electrons. The van der Waals surface area contributed by atoms with E-state index in [0.717, 1.165) is 38.1 Å². The number of nitrogens with one attached hydrogen (secondary N) is 1. The van der Waals surface area contributed by atoms with Gasteiger partial charge in [0.1, 0.15) is 5.75 Å². The zero-order valence-corrected chi connectivity index (χ0v) is 10.2. The van der Waals surface area contributed by atoms with Crippen LogP contribution in [0, 0.1) is 17.6 Å². The van der Waals surface area contributed by atoms with Gasteiger partial charge < -0.3 is 10.1 Å². The van der Waals surface area contributed by atoms with Crippen LogP contribution in [-0.2, 0) is 0 Å². The molecule has 1 N–H and O–H groups in total. The lowest BCUT2D eigenvalue weighted by Crippen LogP contribution is -2.33. The van der Waals surface area contributed by atoms with Gasteiger partial charge in [-0.15, -0.1) is 12.4 Å². The molecule has 0 saturated carbocycles. The van der Waals surface area contributed by atoms with Gasteiger partial charge in [0.15, 0.2) is 11.6 Å². The number of piperidine rings is 1. The number of hydrogen-bond donors (Lipinski definition) is 1. The van der Waals surface area contributed by atoms with Crippen molar-refractivity contribution in [3.8, 4) is 5.75 Å². The summed E-state index contributed by atoms with van der Waals surface area (Å²) in [6.45, 7) is 2.55. The van der Waals surface area contributed by atoms with Gasteiger partial charge in [-0.05, 0) is 31.5 Å². The number of rotatable bonds is 3. The van der Waals surface area contributed by atoms with Gasteiger partial charge in [-0.2, -0.15) is 0 Å². The molecular formula is C12H16ClF2NO. The van der Waals surface area contributed by atoms with Crippen LogP contribution in [0.25, 0.3) is 0 Å². The smallest absolute Gasteiger partial charge is 0.162 e. The lowest BCUT2D eigenvalue weighted by Gasteiger charge is -2.22. The SMILES string of the molecule is Cl.Fc1ccc(OCC2CCCNC2)cc1F. The number of ether oxygens (including phenoxy) is 1. The Labute approximate surface area is 106 Å². The molecular weight excluding hydrogens is 248 g/mol. The Balaban J connectivity index is 0.00000144. The second kappa shape index (κ2) is 6.77. The summed E-state index contributed by atoms with van der Waals surface area (Å²) < 4.78 is 31.0. The summed E-state index contributed by atoms with van der Waals surface area (Å²) in [4.78, 5) is 0. The first kappa shape index (κ1) is 14.2. The molecule has 0 aromatic heterocycles. The third-order valence-corrected chi connectivity index (χ3v) is 2.78. The normalized spacial score (nSPS) is 19.5. The summed E-state index contributed by atoms with van der Waals surface area (Å²) in [7, 11) is 0. The van der Waals surface area contributed by atoms with Gasteiger partial charge in [0.25, 0.3) is 0 Å². The van der Waals surface area contributed by atoms with Gasteiger partial charge in [0.2, 0.25) is 0 Å². The van der Waals surface area contributed by atoms with Gasteiger partial charge in [-0.1, -0.05) is 0 Å². The highest BCUT2D eigenvalue weighted by atomic mass is 35.5. The minimum Gasteiger partial charge on any atom is -0.493 e. The van der Waals surface area contributed by atoms with E-state index in [1.165, 1.54) is 6.07 Å². The van der Waals surface area contributed by atoms with Crippen LogP contribution in [0.4, 0.5) is 8.78 Å². The van der Waals surface area contributed by atoms with Crippen molar-refractivity contribution in [2.75, 3.05) is 19.7 Å². The quantitative estimate of drug-likeness (QED) is 0.905. The van der Waals surface area contributed by atoms with E-state index in [1.54, 1.807) is 0 Å². The Bertz CT molecular complexity index is 356. The summed E-state index contributed by atoms with van der Waals surface area (Å²) >= 11 is 0. The molecule has 2 rings (SSSR count). The van der Waals surface area contributed by atoms with E-state index in [9.17, 15) is 8.78 Å². The Morgan fingerprint density at radius 3 is 2.76 bits per heavy atom. The predicted molar refractivity (Wildman–Crippen MR) is 64.7 cm³/mol. The van der Waals surface area contributed by atoms with Crippen molar-refractivity contribution in [2.45, 2.75) is 12.8 Å². The fourth-order valence-electron chi connectivity index (χ4n) is 1.85. The van der Waals surface area contributed by atoms with Crippen LogP contribution in [0.15, 0.2) is 18.2 Å². The van der Waals surface area contributed by atoms with Crippen LogP contribution < -0.4 is 10.1 Å². The second-order valence-corrected chi connectivity index (χ2v) is 4.10. The van der Waals surface area contributed by atoms with Crippen molar-refractivity contribution in [1.82, 2.24) is 5.32 Å². The predicted octanol–water partition coefficient (Wildman–Crippen LogP) is 2.77. The van der Waals surface area contributed by atoms with E-state index in [4.69, 9.17) is 4.74 Å². The van der Waals surface area contributed by atoms with E-state index in [2.05, 4.69) is 5.32 Å². The summed E-state index contributed by atoms with van der Waals surface area (Å²) in [5.41, 5.74) is 0. The largest absolute Gasteiger partial charge is 0.493 e. The average molecular weight is 264 g/mol. The van der Waals surface area contributed by atoms with Crippen LogP contribution in [0.3, 0.4) is 0 Å². The maximum Gasteiger partial charge on any atom is 0.162 e. The van der Waals surface area contributed by atoms with Crippen molar-refractivity contribution in [1.29, 1.82) is 0 Å². The molecule has 1 aliphatic heterocycles. The Morgan fingerprint density at radius 2 is 2.12 bits per heavy atom. The Kier molecular flexibility index (Phi) is 5.65. The topological polar surface area (TPSA) is 21.3 Å². The molecule has 1 fully saturated rings. The maximum absolute atomic E-state index is 12.9. The van der Waals surface area contributed by atoms with Crippen molar-refractivity contribution in [3.05, 3.63) is 29.8 Å². The molecule has 17 heavy (non-hydrogen) atoms. The van der Waals surface area contributed by atoms with Crippen LogP contribution >= 0.6 is 12.4 Å². The molecule has 0 bridgehead atoms. The molecule has 1 atom stereocenters. The molecule has 96 valence electrons. The number of benzene rings is 1. The first-order valence-corrected chi connectivity index (χ1v) is 5.54. The first-order valence-electron chi connectivity index (χ1n) is 5.54. The summed E-state index contributed by atoms with van der Waals surface area (Å²) in [5, 5.41) is 3.28.